The minimum atomic E-state index is -1.99. The van der Waals surface area contributed by atoms with Crippen LogP contribution in [0.3, 0.4) is 0 Å². The van der Waals surface area contributed by atoms with E-state index in [1.54, 1.807) is 25.2 Å². The lowest BCUT2D eigenvalue weighted by Crippen LogP contribution is -2.01. The van der Waals surface area contributed by atoms with Crippen molar-refractivity contribution in [1.29, 1.82) is 0 Å². The summed E-state index contributed by atoms with van der Waals surface area (Å²) in [5.74, 6) is 0.472. The van der Waals surface area contributed by atoms with Crippen molar-refractivity contribution in [3.05, 3.63) is 29.3 Å². The molecule has 0 aromatic heterocycles. The Balaban J connectivity index is 3.33. The van der Waals surface area contributed by atoms with E-state index in [0.29, 0.717) is 10.7 Å². The second-order valence-corrected chi connectivity index (χ2v) is 3.90. The first-order valence-electron chi connectivity index (χ1n) is 4.25. The van der Waals surface area contributed by atoms with Crippen molar-refractivity contribution in [2.45, 2.75) is 11.8 Å². The molecule has 1 N–H and O–H groups in total. The Kier molecular flexibility index (Phi) is 3.88. The third-order valence-electron chi connectivity index (χ3n) is 2.01. The van der Waals surface area contributed by atoms with Gasteiger partial charge in [0.25, 0.3) is 0 Å². The Hall–Kier alpha value is -1.33. The van der Waals surface area contributed by atoms with Crippen molar-refractivity contribution in [2.75, 3.05) is 7.05 Å². The third-order valence-corrected chi connectivity index (χ3v) is 2.67. The fourth-order valence-electron chi connectivity index (χ4n) is 1.23. The predicted molar refractivity (Wildman–Crippen MR) is 62.2 cm³/mol. The van der Waals surface area contributed by atoms with Crippen molar-refractivity contribution < 1.29 is 8.76 Å². The molecule has 0 bridgehead atoms. The van der Waals surface area contributed by atoms with Gasteiger partial charge in [0, 0.05) is 12.6 Å². The van der Waals surface area contributed by atoms with E-state index < -0.39 is 11.1 Å². The molecular weight excluding hydrogens is 212 g/mol. The normalized spacial score (nSPS) is 13.7. The molecule has 5 heteroatoms. The average Bonchev–Trinajstić information content (AvgIpc) is 2.22. The van der Waals surface area contributed by atoms with Crippen LogP contribution in [0.5, 0.6) is 0 Å². The van der Waals surface area contributed by atoms with E-state index in [9.17, 15) is 4.21 Å². The van der Waals surface area contributed by atoms with Crippen LogP contribution in [0.2, 0.25) is 0 Å². The van der Waals surface area contributed by atoms with Crippen LogP contribution >= 0.6 is 0 Å². The molecule has 1 unspecified atom stereocenters. The SMILES string of the molecule is C=NC(=NC)c1cc(S(=O)O)ccc1C. The molecule has 15 heavy (non-hydrogen) atoms. The summed E-state index contributed by atoms with van der Waals surface area (Å²) >= 11 is -1.99. The second kappa shape index (κ2) is 4.95. The number of aliphatic imine (C=N–C) groups is 2. The Morgan fingerprint density at radius 1 is 1.53 bits per heavy atom. The third kappa shape index (κ3) is 2.57. The molecule has 0 saturated heterocycles. The summed E-state index contributed by atoms with van der Waals surface area (Å²) in [7, 11) is 1.60. The Morgan fingerprint density at radius 3 is 2.67 bits per heavy atom. The van der Waals surface area contributed by atoms with Gasteiger partial charge < -0.3 is 4.55 Å². The molecule has 4 nitrogen and oxygen atoms in total. The molecule has 1 aromatic carbocycles. The molecule has 1 rings (SSSR count). The van der Waals surface area contributed by atoms with Crippen LogP contribution in [-0.2, 0) is 11.1 Å². The molecule has 1 aromatic rings. The van der Waals surface area contributed by atoms with Gasteiger partial charge in [0.2, 0.25) is 0 Å². The number of hydrogen-bond acceptors (Lipinski definition) is 2. The maximum atomic E-state index is 10.9. The minimum Gasteiger partial charge on any atom is -0.302 e. The molecule has 80 valence electrons. The van der Waals surface area contributed by atoms with E-state index in [2.05, 4.69) is 16.7 Å². The van der Waals surface area contributed by atoms with E-state index in [-0.39, 0.29) is 0 Å². The number of amidine groups is 1. The molecule has 0 heterocycles. The number of hydrogen-bond donors (Lipinski definition) is 1. The van der Waals surface area contributed by atoms with E-state index in [0.717, 1.165) is 11.1 Å². The maximum Gasteiger partial charge on any atom is 0.186 e. The van der Waals surface area contributed by atoms with Gasteiger partial charge in [-0.1, -0.05) is 6.07 Å². The first kappa shape index (κ1) is 11.7. The van der Waals surface area contributed by atoms with Crippen molar-refractivity contribution in [3.63, 3.8) is 0 Å². The predicted octanol–water partition coefficient (Wildman–Crippen LogP) is 1.65. The zero-order chi connectivity index (χ0) is 11.4. The van der Waals surface area contributed by atoms with Crippen molar-refractivity contribution in [3.8, 4) is 0 Å². The quantitative estimate of drug-likeness (QED) is 0.471. The molecule has 0 radical (unpaired) electrons. The molecule has 0 aliphatic heterocycles. The maximum absolute atomic E-state index is 10.9. The smallest absolute Gasteiger partial charge is 0.186 e. The molecular formula is C10H12N2O2S. The van der Waals surface area contributed by atoms with Crippen LogP contribution in [0.1, 0.15) is 11.1 Å². The Morgan fingerprint density at radius 2 is 2.20 bits per heavy atom. The molecule has 0 amide bonds. The monoisotopic (exact) mass is 224 g/mol. The number of nitrogens with zero attached hydrogens (tertiary/aromatic N) is 2. The van der Waals surface area contributed by atoms with Gasteiger partial charge in [0.1, 0.15) is 0 Å². The summed E-state index contributed by atoms with van der Waals surface area (Å²) in [5.41, 5.74) is 1.67. The van der Waals surface area contributed by atoms with Gasteiger partial charge in [-0.05, 0) is 31.3 Å². The van der Waals surface area contributed by atoms with Crippen LogP contribution in [0.4, 0.5) is 0 Å². The lowest BCUT2D eigenvalue weighted by Gasteiger charge is -2.05. The van der Waals surface area contributed by atoms with Crippen molar-refractivity contribution in [1.82, 2.24) is 0 Å². The number of benzene rings is 1. The minimum absolute atomic E-state index is 0.334. The molecule has 1 atom stereocenters. The zero-order valence-electron chi connectivity index (χ0n) is 8.60. The zero-order valence-corrected chi connectivity index (χ0v) is 9.41. The summed E-state index contributed by atoms with van der Waals surface area (Å²) in [4.78, 5) is 8.04. The summed E-state index contributed by atoms with van der Waals surface area (Å²) in [6, 6.07) is 4.96. The Bertz CT molecular complexity index is 441. The highest BCUT2D eigenvalue weighted by atomic mass is 32.2. The lowest BCUT2D eigenvalue weighted by atomic mass is 10.1. The van der Waals surface area contributed by atoms with Gasteiger partial charge in [0.15, 0.2) is 16.9 Å². The van der Waals surface area contributed by atoms with Gasteiger partial charge in [-0.3, -0.25) is 4.99 Å². The van der Waals surface area contributed by atoms with Gasteiger partial charge >= 0.3 is 0 Å². The summed E-state index contributed by atoms with van der Waals surface area (Å²) in [6.45, 7) is 5.29. The standard InChI is InChI=1S/C10H12N2O2S/c1-7-4-5-8(15(13)14)6-9(7)10(11-2)12-3/h4-6H,2H2,1,3H3,(H,13,14). The fourth-order valence-corrected chi connectivity index (χ4v) is 1.63. The average molecular weight is 224 g/mol. The second-order valence-electron chi connectivity index (χ2n) is 2.93. The number of aryl methyl sites for hydroxylation is 1. The van der Waals surface area contributed by atoms with E-state index in [4.69, 9.17) is 4.55 Å². The van der Waals surface area contributed by atoms with Crippen LogP contribution in [0.15, 0.2) is 33.1 Å². The molecule has 0 spiro atoms. The molecule has 0 aliphatic carbocycles. The first-order chi connectivity index (χ1) is 7.10. The highest BCUT2D eigenvalue weighted by molar-refractivity contribution is 7.79. The summed E-state index contributed by atoms with van der Waals surface area (Å²) in [5, 5.41) is 0. The lowest BCUT2D eigenvalue weighted by molar-refractivity contribution is 0.564. The molecule has 0 aliphatic rings. The van der Waals surface area contributed by atoms with E-state index in [1.165, 1.54) is 0 Å². The first-order valence-corrected chi connectivity index (χ1v) is 5.36. The van der Waals surface area contributed by atoms with E-state index in [1.807, 2.05) is 6.92 Å². The van der Waals surface area contributed by atoms with Gasteiger partial charge in [0.05, 0.1) is 4.90 Å². The van der Waals surface area contributed by atoms with Crippen LogP contribution in [0, 0.1) is 6.92 Å². The highest BCUT2D eigenvalue weighted by Gasteiger charge is 2.08. The number of rotatable bonds is 2. The summed E-state index contributed by atoms with van der Waals surface area (Å²) in [6.07, 6.45) is 0. The van der Waals surface area contributed by atoms with Crippen LogP contribution < -0.4 is 0 Å². The largest absolute Gasteiger partial charge is 0.302 e. The van der Waals surface area contributed by atoms with E-state index >= 15 is 0 Å². The highest BCUT2D eigenvalue weighted by Crippen LogP contribution is 2.15. The van der Waals surface area contributed by atoms with Gasteiger partial charge in [-0.2, -0.15) is 0 Å². The molecule has 0 fully saturated rings. The van der Waals surface area contributed by atoms with Crippen LogP contribution in [0.25, 0.3) is 0 Å². The van der Waals surface area contributed by atoms with Gasteiger partial charge in [-0.25, -0.2) is 9.20 Å². The van der Waals surface area contributed by atoms with Gasteiger partial charge in [-0.15, -0.1) is 0 Å². The Labute approximate surface area is 91.1 Å². The van der Waals surface area contributed by atoms with Crippen molar-refractivity contribution in [2.24, 2.45) is 9.98 Å². The fraction of sp³-hybridized carbons (Fsp3) is 0.200. The topological polar surface area (TPSA) is 62.0 Å². The van der Waals surface area contributed by atoms with Crippen LogP contribution in [-0.4, -0.2) is 28.4 Å². The molecule has 0 saturated carbocycles. The summed E-state index contributed by atoms with van der Waals surface area (Å²) < 4.78 is 19.8. The van der Waals surface area contributed by atoms with Crippen molar-refractivity contribution >= 4 is 23.6 Å².